The van der Waals surface area contributed by atoms with Gasteiger partial charge in [0, 0.05) is 24.7 Å². The summed E-state index contributed by atoms with van der Waals surface area (Å²) in [6.45, 7) is 1.73. The first-order chi connectivity index (χ1) is 14.0. The van der Waals surface area contributed by atoms with Gasteiger partial charge in [-0.15, -0.1) is 0 Å². The van der Waals surface area contributed by atoms with Crippen LogP contribution in [0.3, 0.4) is 0 Å². The van der Waals surface area contributed by atoms with Crippen LogP contribution in [0.2, 0.25) is 0 Å². The van der Waals surface area contributed by atoms with Crippen molar-refractivity contribution in [2.45, 2.75) is 25.3 Å². The van der Waals surface area contributed by atoms with Crippen LogP contribution in [0.1, 0.15) is 28.8 Å². The predicted octanol–water partition coefficient (Wildman–Crippen LogP) is 2.32. The first-order valence-corrected chi connectivity index (χ1v) is 9.69. The average molecular weight is 399 g/mol. The molecule has 1 atom stereocenters. The first kappa shape index (κ1) is 22.2. The molecule has 0 spiro atoms. The van der Waals surface area contributed by atoms with Crippen LogP contribution in [-0.4, -0.2) is 50.3 Å². The maximum atomic E-state index is 12.6. The molecule has 0 bridgehead atoms. The minimum absolute atomic E-state index is 0.104. The zero-order valence-corrected chi connectivity index (χ0v) is 16.9. The van der Waals surface area contributed by atoms with Crippen molar-refractivity contribution in [2.75, 3.05) is 32.6 Å². The van der Waals surface area contributed by atoms with Crippen LogP contribution in [0.15, 0.2) is 48.5 Å². The molecule has 0 fully saturated rings. The topological polar surface area (TPSA) is 99.7 Å². The number of aromatic hydroxyl groups is 1. The minimum Gasteiger partial charge on any atom is -0.507 e. The summed E-state index contributed by atoms with van der Waals surface area (Å²) in [5.74, 6) is -1.22. The normalized spacial score (nSPS) is 11.5. The Labute approximate surface area is 171 Å². The molecule has 7 nitrogen and oxygen atoms in total. The lowest BCUT2D eigenvalue weighted by atomic mass is 10.1. The van der Waals surface area contributed by atoms with Gasteiger partial charge in [0.15, 0.2) is 0 Å². The molecular weight excluding hydrogens is 370 g/mol. The molecule has 0 saturated heterocycles. The Morgan fingerprint density at radius 1 is 1.07 bits per heavy atom. The number of hydrogen-bond acceptors (Lipinski definition) is 6. The van der Waals surface area contributed by atoms with Crippen molar-refractivity contribution in [1.29, 1.82) is 0 Å². The number of nitrogens with one attached hydrogen (secondary N) is 3. The largest absolute Gasteiger partial charge is 0.507 e. The van der Waals surface area contributed by atoms with Crippen molar-refractivity contribution in [1.82, 2.24) is 10.6 Å². The van der Waals surface area contributed by atoms with E-state index in [-0.39, 0.29) is 11.3 Å². The van der Waals surface area contributed by atoms with Crippen LogP contribution in [0.25, 0.3) is 0 Å². The number of phenols is 1. The molecule has 29 heavy (non-hydrogen) atoms. The molecule has 156 valence electrons. The number of carbonyl (C=O) groups is 2. The number of carbonyl (C=O) groups excluding carboxylic acids is 2. The smallest absolute Gasteiger partial charge is 0.328 e. The standard InChI is InChI=1S/C22H29N3O4/c1-23-12-6-7-13-24-17-10-11-18(20(26)15-17)21(27)25-19(22(28)29-2)14-16-8-4-3-5-9-16/h3-5,8-11,15,19,23-24,26H,6-7,12-14H2,1-2H3,(H,25,27). The van der Waals surface area contributed by atoms with Gasteiger partial charge in [-0.05, 0) is 44.1 Å². The van der Waals surface area contributed by atoms with E-state index in [0.29, 0.717) is 6.42 Å². The fourth-order valence-corrected chi connectivity index (χ4v) is 2.91. The lowest BCUT2D eigenvalue weighted by Crippen LogP contribution is -2.43. The van der Waals surface area contributed by atoms with Gasteiger partial charge in [-0.25, -0.2) is 4.79 Å². The second-order valence-electron chi connectivity index (χ2n) is 6.71. The number of benzene rings is 2. The molecular formula is C22H29N3O4. The lowest BCUT2D eigenvalue weighted by Gasteiger charge is -2.17. The third-order valence-corrected chi connectivity index (χ3v) is 4.50. The maximum absolute atomic E-state index is 12.6. The molecule has 2 aromatic carbocycles. The highest BCUT2D eigenvalue weighted by atomic mass is 16.5. The fraction of sp³-hybridized carbons (Fsp3) is 0.364. The molecule has 0 aromatic heterocycles. The number of anilines is 1. The molecule has 0 aliphatic rings. The van der Waals surface area contributed by atoms with Crippen LogP contribution >= 0.6 is 0 Å². The number of amides is 1. The molecule has 0 saturated carbocycles. The predicted molar refractivity (Wildman–Crippen MR) is 113 cm³/mol. The highest BCUT2D eigenvalue weighted by molar-refractivity contribution is 5.99. The zero-order valence-electron chi connectivity index (χ0n) is 16.9. The summed E-state index contributed by atoms with van der Waals surface area (Å²) in [4.78, 5) is 24.7. The average Bonchev–Trinajstić information content (AvgIpc) is 2.73. The van der Waals surface area contributed by atoms with E-state index in [2.05, 4.69) is 16.0 Å². The van der Waals surface area contributed by atoms with E-state index in [1.54, 1.807) is 6.07 Å². The molecule has 2 aromatic rings. The summed E-state index contributed by atoms with van der Waals surface area (Å²) in [5.41, 5.74) is 1.73. The summed E-state index contributed by atoms with van der Waals surface area (Å²) in [5, 5.41) is 19.2. The molecule has 4 N–H and O–H groups in total. The van der Waals surface area contributed by atoms with E-state index in [4.69, 9.17) is 4.74 Å². The Bertz CT molecular complexity index is 796. The number of hydrogen-bond donors (Lipinski definition) is 4. The first-order valence-electron chi connectivity index (χ1n) is 9.69. The fourth-order valence-electron chi connectivity index (χ4n) is 2.91. The molecule has 2 rings (SSSR count). The summed E-state index contributed by atoms with van der Waals surface area (Å²) >= 11 is 0. The molecule has 0 aliphatic heterocycles. The number of esters is 1. The van der Waals surface area contributed by atoms with Crippen LogP contribution in [0.5, 0.6) is 5.75 Å². The van der Waals surface area contributed by atoms with Crippen LogP contribution in [0, 0.1) is 0 Å². The SMILES string of the molecule is CNCCCCNc1ccc(C(=O)NC(Cc2ccccc2)C(=O)OC)c(O)c1. The maximum Gasteiger partial charge on any atom is 0.328 e. The molecule has 7 heteroatoms. The molecule has 0 aliphatic carbocycles. The van der Waals surface area contributed by atoms with Crippen LogP contribution in [-0.2, 0) is 16.0 Å². The molecule has 1 amide bonds. The summed E-state index contributed by atoms with van der Waals surface area (Å²) in [6, 6.07) is 13.3. The molecule has 1 unspecified atom stereocenters. The Morgan fingerprint density at radius 3 is 2.45 bits per heavy atom. The Morgan fingerprint density at radius 2 is 1.79 bits per heavy atom. The molecule has 0 heterocycles. The van der Waals surface area contributed by atoms with Gasteiger partial charge in [0.2, 0.25) is 0 Å². The van der Waals surface area contributed by atoms with Crippen molar-refractivity contribution >= 4 is 17.6 Å². The third-order valence-electron chi connectivity index (χ3n) is 4.50. The second-order valence-corrected chi connectivity index (χ2v) is 6.71. The second kappa shape index (κ2) is 11.7. The van der Waals surface area contributed by atoms with E-state index in [1.165, 1.54) is 19.2 Å². The van der Waals surface area contributed by atoms with E-state index in [0.717, 1.165) is 37.2 Å². The summed E-state index contributed by atoms with van der Waals surface area (Å²) in [7, 11) is 3.20. The quantitative estimate of drug-likeness (QED) is 0.342. The van der Waals surface area contributed by atoms with Gasteiger partial charge < -0.3 is 25.8 Å². The van der Waals surface area contributed by atoms with Crippen LogP contribution in [0.4, 0.5) is 5.69 Å². The highest BCUT2D eigenvalue weighted by Gasteiger charge is 2.24. The van der Waals surface area contributed by atoms with Crippen LogP contribution < -0.4 is 16.0 Å². The summed E-state index contributed by atoms with van der Waals surface area (Å²) < 4.78 is 4.81. The van der Waals surface area contributed by atoms with Gasteiger partial charge >= 0.3 is 5.97 Å². The monoisotopic (exact) mass is 399 g/mol. The lowest BCUT2D eigenvalue weighted by molar-refractivity contribution is -0.142. The Kier molecular flexibility index (Phi) is 8.98. The van der Waals surface area contributed by atoms with Gasteiger partial charge in [-0.1, -0.05) is 30.3 Å². The van der Waals surface area contributed by atoms with Gasteiger partial charge in [0.1, 0.15) is 11.8 Å². The van der Waals surface area contributed by atoms with Gasteiger partial charge in [-0.3, -0.25) is 4.79 Å². The Balaban J connectivity index is 2.00. The minimum atomic E-state index is -0.848. The van der Waals surface area contributed by atoms with Crippen molar-refractivity contribution in [2.24, 2.45) is 0 Å². The van der Waals surface area contributed by atoms with E-state index < -0.39 is 17.9 Å². The van der Waals surface area contributed by atoms with Crippen molar-refractivity contribution in [3.63, 3.8) is 0 Å². The zero-order chi connectivity index (χ0) is 21.1. The van der Waals surface area contributed by atoms with Crippen molar-refractivity contribution < 1.29 is 19.4 Å². The Hall–Kier alpha value is -3.06. The number of phenolic OH excluding ortho intramolecular Hbond substituents is 1. The highest BCUT2D eigenvalue weighted by Crippen LogP contribution is 2.22. The number of rotatable bonds is 11. The van der Waals surface area contributed by atoms with E-state index in [1.807, 2.05) is 37.4 Å². The van der Waals surface area contributed by atoms with Crippen molar-refractivity contribution in [3.05, 3.63) is 59.7 Å². The van der Waals surface area contributed by atoms with Crippen molar-refractivity contribution in [3.8, 4) is 5.75 Å². The van der Waals surface area contributed by atoms with Gasteiger partial charge in [0.05, 0.1) is 12.7 Å². The summed E-state index contributed by atoms with van der Waals surface area (Å²) in [6.07, 6.45) is 2.34. The molecule has 0 radical (unpaired) electrons. The number of methoxy groups -OCH3 is 1. The number of unbranched alkanes of at least 4 members (excludes halogenated alkanes) is 1. The van der Waals surface area contributed by atoms with Gasteiger partial charge in [-0.2, -0.15) is 0 Å². The van der Waals surface area contributed by atoms with E-state index >= 15 is 0 Å². The number of ether oxygens (including phenoxy) is 1. The van der Waals surface area contributed by atoms with E-state index in [9.17, 15) is 14.7 Å². The third kappa shape index (κ3) is 7.12. The van der Waals surface area contributed by atoms with Gasteiger partial charge in [0.25, 0.3) is 5.91 Å².